The van der Waals surface area contributed by atoms with E-state index in [9.17, 15) is 14.4 Å². The Morgan fingerprint density at radius 1 is 0.600 bits per heavy atom. The Hall–Kier alpha value is -4.77. The van der Waals surface area contributed by atoms with Crippen LogP contribution in [0.3, 0.4) is 0 Å². The molecule has 1 saturated heterocycles. The predicted molar refractivity (Wildman–Crippen MR) is 157 cm³/mol. The number of fused-ring (bicyclic) bond motifs is 4. The molecule has 5 nitrogen and oxygen atoms in total. The Morgan fingerprint density at radius 3 is 1.68 bits per heavy atom. The Balaban J connectivity index is 0.000000157. The summed E-state index contributed by atoms with van der Waals surface area (Å²) in [4.78, 5) is 38.2. The monoisotopic (exact) mass is 527 g/mol. The lowest BCUT2D eigenvalue weighted by Crippen LogP contribution is -2.35. The van der Waals surface area contributed by atoms with Gasteiger partial charge in [-0.05, 0) is 58.5 Å². The highest BCUT2D eigenvalue weighted by atomic mass is 16.6. The van der Waals surface area contributed by atoms with Crippen molar-refractivity contribution in [1.82, 2.24) is 4.90 Å². The van der Waals surface area contributed by atoms with Gasteiger partial charge in [-0.3, -0.25) is 9.59 Å². The largest absolute Gasteiger partial charge is 0.445 e. The minimum atomic E-state index is -0.188. The van der Waals surface area contributed by atoms with Crippen LogP contribution in [0.1, 0.15) is 56.7 Å². The summed E-state index contributed by atoms with van der Waals surface area (Å²) in [5.74, 6) is -0.128. The number of nitrogens with zero attached hydrogens (tertiary/aromatic N) is 1. The molecule has 1 heterocycles. The van der Waals surface area contributed by atoms with E-state index in [1.54, 1.807) is 48.5 Å². The highest BCUT2D eigenvalue weighted by Gasteiger charge is 2.28. The van der Waals surface area contributed by atoms with Crippen molar-refractivity contribution in [3.8, 4) is 0 Å². The molecule has 40 heavy (non-hydrogen) atoms. The number of benzene rings is 5. The predicted octanol–water partition coefficient (Wildman–Crippen LogP) is 7.58. The van der Waals surface area contributed by atoms with Crippen LogP contribution >= 0.6 is 0 Å². The van der Waals surface area contributed by atoms with Crippen LogP contribution in [0.25, 0.3) is 21.5 Å². The van der Waals surface area contributed by atoms with Gasteiger partial charge in [0.1, 0.15) is 6.61 Å². The van der Waals surface area contributed by atoms with E-state index in [1.165, 1.54) is 22.6 Å². The number of ketones is 2. The number of likely N-dealkylation sites (tertiary alicyclic amines) is 1. The van der Waals surface area contributed by atoms with Crippen LogP contribution in [0.5, 0.6) is 0 Å². The molecule has 1 fully saturated rings. The Morgan fingerprint density at radius 2 is 1.10 bits per heavy atom. The molecule has 2 aliphatic rings. The number of piperidine rings is 1. The molecule has 0 unspecified atom stereocenters. The molecule has 7 rings (SSSR count). The van der Waals surface area contributed by atoms with Crippen LogP contribution in [-0.4, -0.2) is 35.6 Å². The summed E-state index contributed by atoms with van der Waals surface area (Å²) in [5, 5.41) is 4.77. The molecule has 5 heteroatoms. The second-order valence-electron chi connectivity index (χ2n) is 10.2. The zero-order valence-electron chi connectivity index (χ0n) is 22.1. The fourth-order valence-corrected chi connectivity index (χ4v) is 5.51. The first-order valence-electron chi connectivity index (χ1n) is 13.7. The number of amides is 1. The maximum atomic E-state index is 12.2. The normalized spacial score (nSPS) is 14.2. The summed E-state index contributed by atoms with van der Waals surface area (Å²) < 4.78 is 5.57. The quantitative estimate of drug-likeness (QED) is 0.218. The van der Waals surface area contributed by atoms with Gasteiger partial charge in [-0.2, -0.15) is 0 Å². The van der Waals surface area contributed by atoms with Crippen LogP contribution in [-0.2, 0) is 11.3 Å². The highest BCUT2D eigenvalue weighted by Crippen LogP contribution is 2.27. The van der Waals surface area contributed by atoms with Gasteiger partial charge >= 0.3 is 6.09 Å². The maximum absolute atomic E-state index is 12.2. The zero-order chi connectivity index (χ0) is 27.5. The van der Waals surface area contributed by atoms with E-state index in [0.29, 0.717) is 28.9 Å². The molecule has 0 bridgehead atoms. The molecule has 1 aliphatic carbocycles. The molecule has 0 aromatic heterocycles. The summed E-state index contributed by atoms with van der Waals surface area (Å²) in [6.45, 7) is 1.96. The van der Waals surface area contributed by atoms with Crippen molar-refractivity contribution >= 4 is 39.2 Å². The Labute approximate surface area is 233 Å². The third-order valence-electron chi connectivity index (χ3n) is 7.64. The molecule has 0 radical (unpaired) electrons. The first-order chi connectivity index (χ1) is 19.6. The Bertz CT molecular complexity index is 1640. The molecule has 5 aromatic rings. The fourth-order valence-electron chi connectivity index (χ4n) is 5.51. The minimum Gasteiger partial charge on any atom is -0.445 e. The van der Waals surface area contributed by atoms with E-state index in [1.807, 2.05) is 23.1 Å². The van der Waals surface area contributed by atoms with E-state index in [0.717, 1.165) is 36.9 Å². The van der Waals surface area contributed by atoms with Crippen LogP contribution < -0.4 is 0 Å². The topological polar surface area (TPSA) is 63.7 Å². The molecule has 0 N–H and O–H groups in total. The summed E-state index contributed by atoms with van der Waals surface area (Å²) >= 11 is 0. The van der Waals surface area contributed by atoms with Crippen molar-refractivity contribution in [3.63, 3.8) is 0 Å². The first-order valence-corrected chi connectivity index (χ1v) is 13.7. The van der Waals surface area contributed by atoms with Gasteiger partial charge in [-0.25, -0.2) is 4.79 Å². The van der Waals surface area contributed by atoms with Crippen molar-refractivity contribution < 1.29 is 19.1 Å². The molecule has 0 spiro atoms. The molecule has 1 amide bonds. The van der Waals surface area contributed by atoms with Crippen LogP contribution in [0.4, 0.5) is 4.79 Å². The van der Waals surface area contributed by atoms with E-state index < -0.39 is 0 Å². The van der Waals surface area contributed by atoms with Crippen LogP contribution in [0.2, 0.25) is 0 Å². The number of carbonyl (C=O) groups is 3. The average molecular weight is 528 g/mol. The summed E-state index contributed by atoms with van der Waals surface area (Å²) in [7, 11) is 0. The number of ether oxygens (including phenoxy) is 1. The Kier molecular flexibility index (Phi) is 7.11. The van der Waals surface area contributed by atoms with Crippen LogP contribution in [0.15, 0.2) is 103 Å². The summed E-state index contributed by atoms with van der Waals surface area (Å²) in [6, 6.07) is 32.8. The average Bonchev–Trinajstić information content (AvgIpc) is 3.02. The van der Waals surface area contributed by atoms with Gasteiger partial charge in [-0.15, -0.1) is 0 Å². The van der Waals surface area contributed by atoms with Crippen molar-refractivity contribution in [2.24, 2.45) is 0 Å². The van der Waals surface area contributed by atoms with Gasteiger partial charge < -0.3 is 9.64 Å². The zero-order valence-corrected chi connectivity index (χ0v) is 22.1. The van der Waals surface area contributed by atoms with Gasteiger partial charge in [0, 0.05) is 35.3 Å². The standard InChI is InChI=1S/C21H21NO2.C14H8O2/c23-21(22-11-4-1-5-12-22)24-15-19-10-6-9-18-13-16-7-2-3-8-17(16)14-20(18)19;15-13-9-5-1-2-6-10(9)14(16)12-8-4-3-7-11(12)13/h2-3,6-10,13-14H,1,4-5,11-12,15H2;1-8H. The molecule has 5 aromatic carbocycles. The summed E-state index contributed by atoms with van der Waals surface area (Å²) in [6.07, 6.45) is 3.18. The van der Waals surface area contributed by atoms with Gasteiger partial charge in [0.25, 0.3) is 0 Å². The van der Waals surface area contributed by atoms with E-state index in [4.69, 9.17) is 4.74 Å². The van der Waals surface area contributed by atoms with Crippen molar-refractivity contribution in [2.45, 2.75) is 25.9 Å². The molecule has 0 atom stereocenters. The molecular formula is C35H29NO4. The van der Waals surface area contributed by atoms with Gasteiger partial charge in [-0.1, -0.05) is 91.0 Å². The number of hydrogen-bond donors (Lipinski definition) is 0. The third-order valence-corrected chi connectivity index (χ3v) is 7.64. The number of hydrogen-bond acceptors (Lipinski definition) is 4. The SMILES string of the molecule is O=C(OCc1cccc2cc3ccccc3cc12)N1CCCCC1.O=C1c2ccccc2C(=O)c2ccccc21. The van der Waals surface area contributed by atoms with Crippen molar-refractivity contribution in [3.05, 3.63) is 131 Å². The lowest BCUT2D eigenvalue weighted by atomic mass is 9.84. The lowest BCUT2D eigenvalue weighted by molar-refractivity contribution is 0.0897. The molecule has 198 valence electrons. The van der Waals surface area contributed by atoms with Gasteiger partial charge in [0.15, 0.2) is 11.6 Å². The molecular weight excluding hydrogens is 498 g/mol. The first kappa shape index (κ1) is 25.5. The third kappa shape index (κ3) is 4.98. The second-order valence-corrected chi connectivity index (χ2v) is 10.2. The van der Waals surface area contributed by atoms with Gasteiger partial charge in [0.05, 0.1) is 0 Å². The highest BCUT2D eigenvalue weighted by molar-refractivity contribution is 6.28. The number of carbonyl (C=O) groups excluding carboxylic acids is 3. The lowest BCUT2D eigenvalue weighted by Gasteiger charge is -2.25. The van der Waals surface area contributed by atoms with E-state index >= 15 is 0 Å². The minimum absolute atomic E-state index is 0.0641. The number of rotatable bonds is 2. The fraction of sp³-hybridized carbons (Fsp3) is 0.171. The van der Waals surface area contributed by atoms with Gasteiger partial charge in [0.2, 0.25) is 0 Å². The van der Waals surface area contributed by atoms with Crippen molar-refractivity contribution in [1.29, 1.82) is 0 Å². The summed E-state index contributed by atoms with van der Waals surface area (Å²) in [5.41, 5.74) is 3.08. The second kappa shape index (κ2) is 11.1. The smallest absolute Gasteiger partial charge is 0.410 e. The maximum Gasteiger partial charge on any atom is 0.410 e. The van der Waals surface area contributed by atoms with Crippen LogP contribution in [0, 0.1) is 0 Å². The van der Waals surface area contributed by atoms with Crippen molar-refractivity contribution in [2.75, 3.05) is 13.1 Å². The molecule has 0 saturated carbocycles. The molecule has 1 aliphatic heterocycles. The van der Waals surface area contributed by atoms with E-state index in [2.05, 4.69) is 36.4 Å². The van der Waals surface area contributed by atoms with E-state index in [-0.39, 0.29) is 17.7 Å².